The lowest BCUT2D eigenvalue weighted by molar-refractivity contribution is 0.336. The SMILES string of the molecule is CCCc1noc(S(=O)(=O)Cl)c1Cl. The lowest BCUT2D eigenvalue weighted by Crippen LogP contribution is -1.89. The molecule has 0 bridgehead atoms. The van der Waals surface area contributed by atoms with Crippen LogP contribution in [0.25, 0.3) is 0 Å². The third kappa shape index (κ3) is 2.36. The molecule has 1 aromatic heterocycles. The predicted molar refractivity (Wildman–Crippen MR) is 48.5 cm³/mol. The van der Waals surface area contributed by atoms with Crippen LogP contribution in [-0.4, -0.2) is 13.6 Å². The van der Waals surface area contributed by atoms with Gasteiger partial charge < -0.3 is 4.52 Å². The fraction of sp³-hybridized carbons (Fsp3) is 0.500. The maximum absolute atomic E-state index is 10.8. The zero-order valence-corrected chi connectivity index (χ0v) is 9.08. The van der Waals surface area contributed by atoms with Gasteiger partial charge in [0.05, 0.1) is 0 Å². The van der Waals surface area contributed by atoms with E-state index in [0.717, 1.165) is 6.42 Å². The molecule has 0 atom stereocenters. The summed E-state index contributed by atoms with van der Waals surface area (Å²) in [5.41, 5.74) is 0.420. The molecule has 1 heterocycles. The van der Waals surface area contributed by atoms with E-state index in [-0.39, 0.29) is 5.02 Å². The van der Waals surface area contributed by atoms with Crippen LogP contribution in [0.2, 0.25) is 5.02 Å². The van der Waals surface area contributed by atoms with Gasteiger partial charge in [-0.2, -0.15) is 0 Å². The van der Waals surface area contributed by atoms with E-state index in [9.17, 15) is 8.42 Å². The van der Waals surface area contributed by atoms with Gasteiger partial charge in [0, 0.05) is 10.7 Å². The molecule has 1 aromatic rings. The number of hydrogen-bond donors (Lipinski definition) is 0. The first-order chi connectivity index (χ1) is 5.96. The zero-order valence-electron chi connectivity index (χ0n) is 6.75. The minimum atomic E-state index is -3.92. The molecule has 0 saturated heterocycles. The molecule has 4 nitrogen and oxygen atoms in total. The summed E-state index contributed by atoms with van der Waals surface area (Å²) in [5, 5.41) is 3.01. The van der Waals surface area contributed by atoms with Crippen molar-refractivity contribution in [3.8, 4) is 0 Å². The van der Waals surface area contributed by atoms with E-state index in [0.29, 0.717) is 12.1 Å². The van der Waals surface area contributed by atoms with Crippen molar-refractivity contribution in [3.05, 3.63) is 10.7 Å². The second-order valence-electron chi connectivity index (χ2n) is 2.42. The van der Waals surface area contributed by atoms with Crippen molar-refractivity contribution in [2.75, 3.05) is 0 Å². The summed E-state index contributed by atoms with van der Waals surface area (Å²) in [4.78, 5) is 0. The first-order valence-electron chi connectivity index (χ1n) is 3.55. The highest BCUT2D eigenvalue weighted by molar-refractivity contribution is 8.13. The summed E-state index contributed by atoms with van der Waals surface area (Å²) >= 11 is 5.67. The fourth-order valence-corrected chi connectivity index (χ4v) is 2.20. The van der Waals surface area contributed by atoms with Crippen molar-refractivity contribution in [1.82, 2.24) is 5.16 Å². The minimum Gasteiger partial charge on any atom is -0.341 e. The van der Waals surface area contributed by atoms with Crippen molar-refractivity contribution >= 4 is 31.3 Å². The van der Waals surface area contributed by atoms with Crippen LogP contribution in [0.1, 0.15) is 19.0 Å². The number of aryl methyl sites for hydroxylation is 1. The van der Waals surface area contributed by atoms with Gasteiger partial charge in [0.15, 0.2) is 0 Å². The van der Waals surface area contributed by atoms with E-state index < -0.39 is 14.1 Å². The van der Waals surface area contributed by atoms with Crippen LogP contribution in [0, 0.1) is 0 Å². The smallest absolute Gasteiger partial charge is 0.298 e. The predicted octanol–water partition coefficient (Wildman–Crippen LogP) is 2.21. The molecule has 0 aromatic carbocycles. The molecule has 0 unspecified atom stereocenters. The molecular weight excluding hydrogens is 237 g/mol. The summed E-state index contributed by atoms with van der Waals surface area (Å²) in [6.45, 7) is 1.92. The van der Waals surface area contributed by atoms with Crippen LogP contribution in [-0.2, 0) is 15.5 Å². The maximum Gasteiger partial charge on any atom is 0.298 e. The summed E-state index contributed by atoms with van der Waals surface area (Å²) in [7, 11) is 1.11. The van der Waals surface area contributed by atoms with Gasteiger partial charge >= 0.3 is 0 Å². The largest absolute Gasteiger partial charge is 0.341 e. The van der Waals surface area contributed by atoms with E-state index >= 15 is 0 Å². The summed E-state index contributed by atoms with van der Waals surface area (Å²) in [6.07, 6.45) is 1.36. The van der Waals surface area contributed by atoms with Gasteiger partial charge in [0.1, 0.15) is 10.7 Å². The van der Waals surface area contributed by atoms with Crippen molar-refractivity contribution in [2.24, 2.45) is 0 Å². The number of nitrogens with zero attached hydrogens (tertiary/aromatic N) is 1. The van der Waals surface area contributed by atoms with Crippen molar-refractivity contribution in [3.63, 3.8) is 0 Å². The van der Waals surface area contributed by atoms with Crippen LogP contribution in [0.3, 0.4) is 0 Å². The highest BCUT2D eigenvalue weighted by atomic mass is 35.7. The van der Waals surface area contributed by atoms with Gasteiger partial charge in [-0.1, -0.05) is 30.1 Å². The molecule has 0 N–H and O–H groups in total. The number of rotatable bonds is 3. The van der Waals surface area contributed by atoms with Gasteiger partial charge in [-0.05, 0) is 6.42 Å². The highest BCUT2D eigenvalue weighted by Gasteiger charge is 2.23. The Balaban J connectivity index is 3.14. The van der Waals surface area contributed by atoms with Crippen molar-refractivity contribution in [1.29, 1.82) is 0 Å². The second kappa shape index (κ2) is 3.86. The molecular formula is C6H7Cl2NO3S. The summed E-state index contributed by atoms with van der Waals surface area (Å²) in [5.74, 6) is 0. The lowest BCUT2D eigenvalue weighted by Gasteiger charge is -1.89. The minimum absolute atomic E-state index is 0.0168. The Kier molecular flexibility index (Phi) is 3.21. The average Bonchev–Trinajstić information content (AvgIpc) is 2.32. The standard InChI is InChI=1S/C6H7Cl2NO3S/c1-2-3-4-5(7)6(12-9-4)13(8,10)11/h2-3H2,1H3. The number of aromatic nitrogens is 1. The lowest BCUT2D eigenvalue weighted by atomic mass is 10.3. The Bertz CT molecular complexity index is 398. The summed E-state index contributed by atoms with van der Waals surface area (Å²) < 4.78 is 26.1. The number of halogens is 2. The average molecular weight is 244 g/mol. The first-order valence-corrected chi connectivity index (χ1v) is 6.24. The van der Waals surface area contributed by atoms with Crippen LogP contribution >= 0.6 is 22.3 Å². The van der Waals surface area contributed by atoms with E-state index in [2.05, 4.69) is 9.68 Å². The van der Waals surface area contributed by atoms with Gasteiger partial charge in [0.25, 0.3) is 14.1 Å². The molecule has 13 heavy (non-hydrogen) atoms. The third-order valence-corrected chi connectivity index (χ3v) is 3.02. The second-order valence-corrected chi connectivity index (χ2v) is 5.26. The Morgan fingerprint density at radius 2 is 2.15 bits per heavy atom. The van der Waals surface area contributed by atoms with Gasteiger partial charge in [-0.15, -0.1) is 0 Å². The van der Waals surface area contributed by atoms with Crippen LogP contribution in [0.5, 0.6) is 0 Å². The third-order valence-electron chi connectivity index (χ3n) is 1.38. The van der Waals surface area contributed by atoms with E-state index in [4.69, 9.17) is 22.3 Å². The van der Waals surface area contributed by atoms with Crippen molar-refractivity contribution in [2.45, 2.75) is 24.9 Å². The maximum atomic E-state index is 10.8. The van der Waals surface area contributed by atoms with Gasteiger partial charge in [0.2, 0.25) is 0 Å². The molecule has 0 aliphatic carbocycles. The molecule has 0 amide bonds. The molecule has 0 aliphatic rings. The zero-order chi connectivity index (χ0) is 10.1. The molecule has 1 rings (SSSR count). The van der Waals surface area contributed by atoms with Crippen LogP contribution in [0.15, 0.2) is 9.62 Å². The van der Waals surface area contributed by atoms with E-state index in [1.165, 1.54) is 0 Å². The molecule has 7 heteroatoms. The molecule has 74 valence electrons. The topological polar surface area (TPSA) is 60.2 Å². The van der Waals surface area contributed by atoms with Crippen LogP contribution in [0.4, 0.5) is 0 Å². The fourth-order valence-electron chi connectivity index (χ4n) is 0.838. The normalized spacial score (nSPS) is 11.9. The number of hydrogen-bond acceptors (Lipinski definition) is 4. The molecule has 0 fully saturated rings. The Labute approximate surface area is 85.2 Å². The molecule has 0 saturated carbocycles. The van der Waals surface area contributed by atoms with E-state index in [1.54, 1.807) is 0 Å². The van der Waals surface area contributed by atoms with E-state index in [1.807, 2.05) is 6.92 Å². The molecule has 0 aliphatic heterocycles. The first kappa shape index (κ1) is 10.8. The Morgan fingerprint density at radius 1 is 1.54 bits per heavy atom. The van der Waals surface area contributed by atoms with Gasteiger partial charge in [-0.3, -0.25) is 0 Å². The van der Waals surface area contributed by atoms with Crippen molar-refractivity contribution < 1.29 is 12.9 Å². The molecule has 0 spiro atoms. The van der Waals surface area contributed by atoms with Gasteiger partial charge in [-0.25, -0.2) is 8.42 Å². The molecule has 0 radical (unpaired) electrons. The monoisotopic (exact) mass is 243 g/mol. The Hall–Kier alpha value is -0.260. The summed E-state index contributed by atoms with van der Waals surface area (Å²) in [6, 6.07) is 0. The Morgan fingerprint density at radius 3 is 2.54 bits per heavy atom. The van der Waals surface area contributed by atoms with Crippen LogP contribution < -0.4 is 0 Å². The quantitative estimate of drug-likeness (QED) is 0.764. The highest BCUT2D eigenvalue weighted by Crippen LogP contribution is 2.28.